The molecule has 36 heavy (non-hydrogen) atoms. The van der Waals surface area contributed by atoms with Gasteiger partial charge >= 0.3 is 0 Å². The minimum absolute atomic E-state index is 0.0671. The maximum absolute atomic E-state index is 12.9. The van der Waals surface area contributed by atoms with Gasteiger partial charge in [-0.3, -0.25) is 14.8 Å². The zero-order valence-electron chi connectivity index (χ0n) is 20.5. The number of hydrogen-bond acceptors (Lipinski definition) is 8. The summed E-state index contributed by atoms with van der Waals surface area (Å²) < 4.78 is 28.3. The predicted octanol–water partition coefficient (Wildman–Crippen LogP) is 4.96. The lowest BCUT2D eigenvalue weighted by molar-refractivity contribution is -0.384. The Kier molecular flexibility index (Phi) is 9.57. The maximum Gasteiger partial charge on any atom is 0.293 e. The molecule has 3 rings (SSSR count). The van der Waals surface area contributed by atoms with Gasteiger partial charge in [0.1, 0.15) is 5.69 Å². The lowest BCUT2D eigenvalue weighted by Crippen LogP contribution is -2.28. The van der Waals surface area contributed by atoms with Crippen molar-refractivity contribution < 1.29 is 13.3 Å². The lowest BCUT2D eigenvalue weighted by atomic mass is 10.2. The Labute approximate surface area is 216 Å². The first kappa shape index (κ1) is 27.3. The number of anilines is 3. The van der Waals surface area contributed by atoms with Crippen LogP contribution in [0.25, 0.3) is 0 Å². The zero-order chi connectivity index (χ0) is 26.1. The van der Waals surface area contributed by atoms with Crippen LogP contribution >= 0.6 is 11.8 Å². The van der Waals surface area contributed by atoms with Crippen LogP contribution in [-0.2, 0) is 10.0 Å². The fraction of sp³-hybridized carbons (Fsp3) is 0.280. The van der Waals surface area contributed by atoms with Gasteiger partial charge in [-0.15, -0.1) is 11.8 Å². The normalized spacial score (nSPS) is 12.2. The molecule has 1 atom stereocenters. The summed E-state index contributed by atoms with van der Waals surface area (Å²) in [5, 5.41) is 18.1. The van der Waals surface area contributed by atoms with Crippen LogP contribution in [0.5, 0.6) is 0 Å². The van der Waals surface area contributed by atoms with Gasteiger partial charge in [-0.2, -0.15) is 0 Å². The average Bonchev–Trinajstić information content (AvgIpc) is 2.86. The fourth-order valence-corrected chi connectivity index (χ4v) is 5.49. The van der Waals surface area contributed by atoms with E-state index in [0.717, 1.165) is 29.6 Å². The van der Waals surface area contributed by atoms with Crippen molar-refractivity contribution in [2.24, 2.45) is 0 Å². The topological polar surface area (TPSA) is 117 Å². The van der Waals surface area contributed by atoms with E-state index < -0.39 is 14.9 Å². The van der Waals surface area contributed by atoms with E-state index in [1.165, 1.54) is 12.1 Å². The molecule has 0 fully saturated rings. The summed E-state index contributed by atoms with van der Waals surface area (Å²) in [6.45, 7) is 0.795. The van der Waals surface area contributed by atoms with Crippen LogP contribution in [0.1, 0.15) is 6.42 Å². The Hall–Kier alpha value is -3.28. The van der Waals surface area contributed by atoms with Crippen LogP contribution < -0.4 is 15.4 Å². The number of nitrogens with zero attached hydrogens (tertiary/aromatic N) is 2. The quantitative estimate of drug-likeness (QED) is 0.162. The van der Waals surface area contributed by atoms with Crippen LogP contribution in [0, 0.1) is 10.1 Å². The molecule has 0 radical (unpaired) electrons. The van der Waals surface area contributed by atoms with Crippen molar-refractivity contribution in [2.45, 2.75) is 22.3 Å². The molecule has 0 aliphatic rings. The van der Waals surface area contributed by atoms with Gasteiger partial charge in [-0.05, 0) is 75.6 Å². The second kappa shape index (κ2) is 12.6. The van der Waals surface area contributed by atoms with Crippen LogP contribution in [0.2, 0.25) is 0 Å². The highest BCUT2D eigenvalue weighted by molar-refractivity contribution is 7.99. The first-order valence-corrected chi connectivity index (χ1v) is 13.8. The van der Waals surface area contributed by atoms with E-state index in [2.05, 4.69) is 20.3 Å². The highest BCUT2D eigenvalue weighted by atomic mass is 32.2. The largest absolute Gasteiger partial charge is 0.388 e. The number of nitro benzene ring substituents is 1. The third kappa shape index (κ3) is 7.87. The number of hydrogen-bond donors (Lipinski definition) is 3. The van der Waals surface area contributed by atoms with Gasteiger partial charge in [0, 0.05) is 41.2 Å². The van der Waals surface area contributed by atoms with Gasteiger partial charge in [-0.25, -0.2) is 8.42 Å². The molecule has 9 nitrogen and oxygen atoms in total. The van der Waals surface area contributed by atoms with E-state index in [1.807, 2.05) is 44.4 Å². The Morgan fingerprint density at radius 2 is 1.67 bits per heavy atom. The summed E-state index contributed by atoms with van der Waals surface area (Å²) >= 11 is 1.66. The Morgan fingerprint density at radius 1 is 1.00 bits per heavy atom. The SMILES string of the molecule is CNc1ccc(NS(=O)(=O)c2ccc(N[C@H](CCN(C)C)CSc3ccccc3)c([N+](=O)[O-])c2)cc1. The first-order valence-electron chi connectivity index (χ1n) is 11.4. The summed E-state index contributed by atoms with van der Waals surface area (Å²) in [5.41, 5.74) is 1.19. The van der Waals surface area contributed by atoms with Crippen molar-refractivity contribution in [3.63, 3.8) is 0 Å². The molecular weight excluding hydrogens is 498 g/mol. The monoisotopic (exact) mass is 529 g/mol. The van der Waals surface area contributed by atoms with Gasteiger partial charge in [0.15, 0.2) is 0 Å². The summed E-state index contributed by atoms with van der Waals surface area (Å²) in [6.07, 6.45) is 0.758. The Morgan fingerprint density at radius 3 is 2.28 bits per heavy atom. The molecule has 0 aliphatic carbocycles. The second-order valence-electron chi connectivity index (χ2n) is 8.43. The molecule has 192 valence electrons. The van der Waals surface area contributed by atoms with Crippen LogP contribution in [0.3, 0.4) is 0 Å². The van der Waals surface area contributed by atoms with Crippen LogP contribution in [0.4, 0.5) is 22.7 Å². The Balaban J connectivity index is 1.81. The van der Waals surface area contributed by atoms with Gasteiger partial charge < -0.3 is 15.5 Å². The summed E-state index contributed by atoms with van der Waals surface area (Å²) in [5.74, 6) is 0.694. The number of benzene rings is 3. The van der Waals surface area contributed by atoms with E-state index >= 15 is 0 Å². The lowest BCUT2D eigenvalue weighted by Gasteiger charge is -2.22. The molecule has 3 aromatic rings. The third-order valence-corrected chi connectivity index (χ3v) is 7.93. The molecule has 0 unspecified atom stereocenters. The standard InChI is InChI=1S/C25H31N5O4S2/c1-26-19-9-11-20(12-10-19)28-36(33,34)23-13-14-24(25(17-23)30(31)32)27-21(15-16-29(2)3)18-35-22-7-5-4-6-8-22/h4-14,17,21,26-28H,15-16,18H2,1-3H3/t21-/m1/s1. The van der Waals surface area contributed by atoms with Crippen molar-refractivity contribution >= 4 is 44.5 Å². The smallest absolute Gasteiger partial charge is 0.293 e. The molecular formula is C25H31N5O4S2. The molecule has 3 aromatic carbocycles. The van der Waals surface area contributed by atoms with Crippen molar-refractivity contribution in [3.8, 4) is 0 Å². The van der Waals surface area contributed by atoms with Crippen molar-refractivity contribution in [1.82, 2.24) is 4.90 Å². The molecule has 0 heterocycles. The number of rotatable bonds is 13. The number of nitrogens with one attached hydrogen (secondary N) is 3. The van der Waals surface area contributed by atoms with Gasteiger partial charge in [0.05, 0.1) is 9.82 Å². The van der Waals surface area contributed by atoms with Gasteiger partial charge in [0.2, 0.25) is 0 Å². The fourth-order valence-electron chi connectivity index (χ4n) is 3.42. The van der Waals surface area contributed by atoms with E-state index in [-0.39, 0.29) is 22.3 Å². The minimum Gasteiger partial charge on any atom is -0.388 e. The molecule has 0 aromatic heterocycles. The number of nitro groups is 1. The molecule has 0 bridgehead atoms. The third-order valence-electron chi connectivity index (χ3n) is 5.38. The zero-order valence-corrected chi connectivity index (χ0v) is 22.1. The van der Waals surface area contributed by atoms with Crippen molar-refractivity contribution in [3.05, 3.63) is 82.9 Å². The predicted molar refractivity (Wildman–Crippen MR) is 148 cm³/mol. The van der Waals surface area contributed by atoms with Crippen LogP contribution in [0.15, 0.2) is 82.6 Å². The summed E-state index contributed by atoms with van der Waals surface area (Å²) in [7, 11) is 1.70. The van der Waals surface area contributed by atoms with Crippen molar-refractivity contribution in [2.75, 3.05) is 48.8 Å². The van der Waals surface area contributed by atoms with Gasteiger partial charge in [-0.1, -0.05) is 18.2 Å². The number of thioether (sulfide) groups is 1. The first-order chi connectivity index (χ1) is 17.2. The molecule has 0 aliphatic heterocycles. The molecule has 11 heteroatoms. The molecule has 0 saturated heterocycles. The van der Waals surface area contributed by atoms with Crippen molar-refractivity contribution in [1.29, 1.82) is 0 Å². The minimum atomic E-state index is -4.02. The van der Waals surface area contributed by atoms with Crippen LogP contribution in [-0.4, -0.2) is 57.7 Å². The summed E-state index contributed by atoms with van der Waals surface area (Å²) in [4.78, 5) is 14.3. The molecule has 0 spiro atoms. The van der Waals surface area contributed by atoms with E-state index in [9.17, 15) is 18.5 Å². The highest BCUT2D eigenvalue weighted by Crippen LogP contribution is 2.30. The maximum atomic E-state index is 12.9. The van der Waals surface area contributed by atoms with Gasteiger partial charge in [0.25, 0.3) is 15.7 Å². The second-order valence-corrected chi connectivity index (χ2v) is 11.2. The van der Waals surface area contributed by atoms with E-state index in [1.54, 1.807) is 43.1 Å². The summed E-state index contributed by atoms with van der Waals surface area (Å²) in [6, 6.07) is 20.5. The number of sulfonamides is 1. The molecule has 0 saturated carbocycles. The average molecular weight is 530 g/mol. The van der Waals surface area contributed by atoms with E-state index in [0.29, 0.717) is 11.4 Å². The Bertz CT molecular complexity index is 1250. The van der Waals surface area contributed by atoms with E-state index in [4.69, 9.17) is 0 Å². The molecule has 0 amide bonds. The highest BCUT2D eigenvalue weighted by Gasteiger charge is 2.23. The molecule has 3 N–H and O–H groups in total.